The molecular formula is C30H42FO3PSi2. The van der Waals surface area contributed by atoms with Crippen molar-refractivity contribution in [1.82, 2.24) is 0 Å². The Morgan fingerprint density at radius 1 is 0.568 bits per heavy atom. The molecule has 37 heavy (non-hydrogen) atoms. The average Bonchev–Trinajstić information content (AvgIpc) is 2.78. The number of hydrogen-bond acceptors (Lipinski definition) is 3. The monoisotopic (exact) mass is 556 g/mol. The summed E-state index contributed by atoms with van der Waals surface area (Å²) in [4.78, 5) is 0. The Labute approximate surface area is 225 Å². The minimum atomic E-state index is -3.26. The molecule has 0 unspecified atom stereocenters. The van der Waals surface area contributed by atoms with E-state index in [1.807, 2.05) is 48.5 Å². The fourth-order valence-corrected chi connectivity index (χ4v) is 8.11. The lowest BCUT2D eigenvalue weighted by atomic mass is 10.2. The molecule has 7 heteroatoms. The standard InChI is InChI=1S/C30H42FO3PSi2/c1-29(2,3)36(7,8)33-24-13-19-27(20-14-24)35(32,26-17-11-23(31)12-18-26)28-21-15-25(16-22-28)34-37(9,10)30(4,5)6/h11-22H,1-10H3. The summed E-state index contributed by atoms with van der Waals surface area (Å²) in [7, 11) is -7.27. The predicted molar refractivity (Wildman–Crippen MR) is 161 cm³/mol. The van der Waals surface area contributed by atoms with Gasteiger partial charge in [-0.05, 0) is 109 Å². The number of benzene rings is 3. The molecule has 3 rings (SSSR count). The molecule has 200 valence electrons. The minimum absolute atomic E-state index is 0.0727. The molecule has 0 bridgehead atoms. The SMILES string of the molecule is CC(C)(C)[Si](C)(C)Oc1ccc(P(=O)(c2ccc(F)cc2)c2ccc(O[Si](C)(C)C(C)(C)C)cc2)cc1. The molecule has 0 aliphatic rings. The van der Waals surface area contributed by atoms with Crippen LogP contribution in [0.15, 0.2) is 72.8 Å². The van der Waals surface area contributed by atoms with E-state index in [0.717, 1.165) is 11.5 Å². The average molecular weight is 557 g/mol. The van der Waals surface area contributed by atoms with E-state index in [4.69, 9.17) is 8.85 Å². The maximum absolute atomic E-state index is 14.9. The molecule has 3 aromatic rings. The van der Waals surface area contributed by atoms with Gasteiger partial charge in [0.2, 0.25) is 16.6 Å². The van der Waals surface area contributed by atoms with Crippen LogP contribution in [-0.2, 0) is 4.57 Å². The largest absolute Gasteiger partial charge is 0.544 e. The predicted octanol–water partition coefficient (Wildman–Crippen LogP) is 8.23. The lowest BCUT2D eigenvalue weighted by molar-refractivity contribution is 0.492. The van der Waals surface area contributed by atoms with Crippen LogP contribution in [0.3, 0.4) is 0 Å². The Kier molecular flexibility index (Phi) is 8.11. The van der Waals surface area contributed by atoms with Crippen LogP contribution in [0.1, 0.15) is 41.5 Å². The van der Waals surface area contributed by atoms with Gasteiger partial charge in [-0.2, -0.15) is 0 Å². The van der Waals surface area contributed by atoms with Gasteiger partial charge in [0.15, 0.2) is 7.14 Å². The third kappa shape index (κ3) is 6.30. The van der Waals surface area contributed by atoms with Gasteiger partial charge in [0.1, 0.15) is 17.3 Å². The van der Waals surface area contributed by atoms with Crippen molar-refractivity contribution in [3.05, 3.63) is 78.6 Å². The molecule has 3 nitrogen and oxygen atoms in total. The zero-order valence-electron chi connectivity index (χ0n) is 24.0. The fraction of sp³-hybridized carbons (Fsp3) is 0.400. The minimum Gasteiger partial charge on any atom is -0.544 e. The summed E-state index contributed by atoms with van der Waals surface area (Å²) < 4.78 is 41.5. The van der Waals surface area contributed by atoms with Crippen molar-refractivity contribution in [3.63, 3.8) is 0 Å². The van der Waals surface area contributed by atoms with E-state index >= 15 is 0 Å². The molecule has 0 saturated heterocycles. The Morgan fingerprint density at radius 2 is 0.838 bits per heavy atom. The molecule has 0 saturated carbocycles. The van der Waals surface area contributed by atoms with Crippen molar-refractivity contribution < 1.29 is 17.8 Å². The Bertz CT molecular complexity index is 1180. The first-order valence-corrected chi connectivity index (χ1v) is 20.3. The van der Waals surface area contributed by atoms with Crippen LogP contribution >= 0.6 is 7.14 Å². The first-order chi connectivity index (χ1) is 16.9. The van der Waals surface area contributed by atoms with Gasteiger partial charge in [-0.1, -0.05) is 41.5 Å². The van der Waals surface area contributed by atoms with E-state index in [2.05, 4.69) is 67.7 Å². The van der Waals surface area contributed by atoms with E-state index in [9.17, 15) is 8.96 Å². The molecular weight excluding hydrogens is 514 g/mol. The van der Waals surface area contributed by atoms with Gasteiger partial charge in [0, 0.05) is 15.9 Å². The summed E-state index contributed by atoms with van der Waals surface area (Å²) in [6.45, 7) is 22.0. The highest BCUT2D eigenvalue weighted by Gasteiger charge is 2.40. The highest BCUT2D eigenvalue weighted by Crippen LogP contribution is 2.44. The summed E-state index contributed by atoms with van der Waals surface area (Å²) in [5, 5.41) is 2.09. The molecule has 0 heterocycles. The van der Waals surface area contributed by atoms with Crippen LogP contribution in [-0.4, -0.2) is 16.6 Å². The Morgan fingerprint density at radius 3 is 1.11 bits per heavy atom. The normalized spacial score (nSPS) is 13.4. The molecule has 0 amide bonds. The maximum atomic E-state index is 14.9. The van der Waals surface area contributed by atoms with E-state index < -0.39 is 23.8 Å². The van der Waals surface area contributed by atoms with Crippen LogP contribution in [0.2, 0.25) is 36.3 Å². The third-order valence-corrected chi connectivity index (χ3v) is 19.7. The number of hydrogen-bond donors (Lipinski definition) is 0. The summed E-state index contributed by atoms with van der Waals surface area (Å²) >= 11 is 0. The van der Waals surface area contributed by atoms with Crippen LogP contribution in [0.4, 0.5) is 4.39 Å². The second-order valence-corrected chi connectivity index (χ2v) is 25.0. The molecule has 0 atom stereocenters. The summed E-state index contributed by atoms with van der Waals surface area (Å²) in [5.41, 5.74) is 0. The Hall–Kier alpha value is -2.15. The Balaban J connectivity index is 2.03. The van der Waals surface area contributed by atoms with Crippen molar-refractivity contribution in [3.8, 4) is 11.5 Å². The molecule has 0 spiro atoms. The van der Waals surface area contributed by atoms with Gasteiger partial charge in [-0.25, -0.2) is 4.39 Å². The summed E-state index contributed by atoms with van der Waals surface area (Å²) in [5.74, 6) is 1.20. The van der Waals surface area contributed by atoms with Gasteiger partial charge in [-0.15, -0.1) is 0 Å². The highest BCUT2D eigenvalue weighted by molar-refractivity contribution is 7.85. The molecule has 0 fully saturated rings. The van der Waals surface area contributed by atoms with E-state index in [0.29, 0.717) is 15.9 Å². The number of halogens is 1. The smallest absolute Gasteiger partial charge is 0.250 e. The van der Waals surface area contributed by atoms with Gasteiger partial charge in [0.25, 0.3) is 0 Å². The van der Waals surface area contributed by atoms with Crippen molar-refractivity contribution in [1.29, 1.82) is 0 Å². The number of rotatable bonds is 7. The molecule has 0 N–H and O–H groups in total. The van der Waals surface area contributed by atoms with Crippen LogP contribution < -0.4 is 24.8 Å². The van der Waals surface area contributed by atoms with Gasteiger partial charge >= 0.3 is 0 Å². The van der Waals surface area contributed by atoms with Gasteiger partial charge < -0.3 is 13.4 Å². The van der Waals surface area contributed by atoms with E-state index in [1.54, 1.807) is 12.1 Å². The van der Waals surface area contributed by atoms with Crippen LogP contribution in [0.5, 0.6) is 11.5 Å². The fourth-order valence-electron chi connectivity index (χ4n) is 3.44. The first kappa shape index (κ1) is 29.4. The lowest BCUT2D eigenvalue weighted by Crippen LogP contribution is -2.43. The zero-order valence-corrected chi connectivity index (χ0v) is 26.9. The maximum Gasteiger partial charge on any atom is 0.250 e. The van der Waals surface area contributed by atoms with E-state index in [-0.39, 0.29) is 15.9 Å². The summed E-state index contributed by atoms with van der Waals surface area (Å²) in [6.07, 6.45) is 0. The summed E-state index contributed by atoms with van der Waals surface area (Å²) in [6, 6.07) is 21.1. The quantitative estimate of drug-likeness (QED) is 0.217. The molecule has 3 aromatic carbocycles. The third-order valence-electron chi connectivity index (χ3n) is 7.95. The molecule has 0 aliphatic heterocycles. The topological polar surface area (TPSA) is 35.5 Å². The van der Waals surface area contributed by atoms with Crippen LogP contribution in [0, 0.1) is 5.82 Å². The second-order valence-electron chi connectivity index (χ2n) is 12.8. The second kappa shape index (κ2) is 10.2. The molecule has 0 aromatic heterocycles. The zero-order chi connectivity index (χ0) is 27.9. The molecule has 0 aliphatic carbocycles. The van der Waals surface area contributed by atoms with Crippen molar-refractivity contribution >= 4 is 39.7 Å². The molecule has 0 radical (unpaired) electrons. The van der Waals surface area contributed by atoms with Crippen molar-refractivity contribution in [2.45, 2.75) is 77.8 Å². The van der Waals surface area contributed by atoms with Crippen LogP contribution in [0.25, 0.3) is 0 Å². The van der Waals surface area contributed by atoms with Gasteiger partial charge in [0.05, 0.1) is 0 Å². The van der Waals surface area contributed by atoms with Crippen molar-refractivity contribution in [2.75, 3.05) is 0 Å². The highest BCUT2D eigenvalue weighted by atomic mass is 31.2. The first-order valence-electron chi connectivity index (χ1n) is 12.8. The van der Waals surface area contributed by atoms with E-state index in [1.165, 1.54) is 12.1 Å². The van der Waals surface area contributed by atoms with Gasteiger partial charge in [-0.3, -0.25) is 0 Å². The lowest BCUT2D eigenvalue weighted by Gasteiger charge is -2.36. The van der Waals surface area contributed by atoms with Crippen molar-refractivity contribution in [2.24, 2.45) is 0 Å².